The van der Waals surface area contributed by atoms with Gasteiger partial charge in [0.25, 0.3) is 0 Å². The van der Waals surface area contributed by atoms with Gasteiger partial charge in [-0.2, -0.15) is 0 Å². The van der Waals surface area contributed by atoms with Crippen LogP contribution in [0.1, 0.15) is 37.8 Å². The summed E-state index contributed by atoms with van der Waals surface area (Å²) in [6, 6.07) is 5.12. The number of hydrogen-bond donors (Lipinski definition) is 1. The molecule has 2 atom stereocenters. The van der Waals surface area contributed by atoms with Crippen molar-refractivity contribution in [2.75, 3.05) is 20.2 Å². The maximum Gasteiger partial charge on any atom is 0.131 e. The van der Waals surface area contributed by atoms with E-state index in [1.165, 1.54) is 18.9 Å². The highest BCUT2D eigenvalue weighted by Crippen LogP contribution is 2.27. The first-order valence-corrected chi connectivity index (χ1v) is 6.96. The molecule has 0 bridgehead atoms. The standard InChI is InChI=1S/C15H23FN2O/c1-11(17)15-13(16)6-3-7-14(15)19-10-8-12-5-4-9-18(12)2/h3,6-7,11-12H,4-5,8-10,17H2,1-2H3. The second kappa shape index (κ2) is 6.35. The molecule has 1 aromatic rings. The van der Waals surface area contributed by atoms with Crippen molar-refractivity contribution in [2.45, 2.75) is 38.3 Å². The minimum atomic E-state index is -0.356. The third-order valence-corrected chi connectivity index (χ3v) is 3.85. The lowest BCUT2D eigenvalue weighted by Crippen LogP contribution is -2.26. The molecular weight excluding hydrogens is 243 g/mol. The Hall–Kier alpha value is -1.13. The Labute approximate surface area is 114 Å². The Morgan fingerprint density at radius 1 is 1.53 bits per heavy atom. The Kier molecular flexibility index (Phi) is 4.77. The summed E-state index contributed by atoms with van der Waals surface area (Å²) in [6.07, 6.45) is 3.46. The maximum atomic E-state index is 13.7. The first-order chi connectivity index (χ1) is 9.09. The number of halogens is 1. The summed E-state index contributed by atoms with van der Waals surface area (Å²) < 4.78 is 19.5. The zero-order valence-electron chi connectivity index (χ0n) is 11.7. The van der Waals surface area contributed by atoms with Crippen LogP contribution in [0.3, 0.4) is 0 Å². The highest BCUT2D eigenvalue weighted by molar-refractivity contribution is 5.36. The van der Waals surface area contributed by atoms with Crippen molar-refractivity contribution in [1.82, 2.24) is 4.90 Å². The number of nitrogens with zero attached hydrogens (tertiary/aromatic N) is 1. The van der Waals surface area contributed by atoms with E-state index in [4.69, 9.17) is 10.5 Å². The van der Waals surface area contributed by atoms with Crippen LogP contribution < -0.4 is 10.5 Å². The van der Waals surface area contributed by atoms with Crippen molar-refractivity contribution in [1.29, 1.82) is 0 Å². The van der Waals surface area contributed by atoms with Crippen molar-refractivity contribution in [3.63, 3.8) is 0 Å². The Morgan fingerprint density at radius 3 is 2.95 bits per heavy atom. The Bertz CT molecular complexity index is 423. The molecule has 1 aliphatic heterocycles. The first-order valence-electron chi connectivity index (χ1n) is 6.96. The molecule has 0 saturated carbocycles. The van der Waals surface area contributed by atoms with E-state index >= 15 is 0 Å². The monoisotopic (exact) mass is 266 g/mol. The average Bonchev–Trinajstić information content (AvgIpc) is 2.75. The van der Waals surface area contributed by atoms with Crippen molar-refractivity contribution in [3.8, 4) is 5.75 Å². The van der Waals surface area contributed by atoms with E-state index in [1.807, 2.05) is 0 Å². The number of likely N-dealkylation sites (tertiary alicyclic amines) is 1. The predicted octanol–water partition coefficient (Wildman–Crippen LogP) is 2.71. The van der Waals surface area contributed by atoms with Crippen LogP contribution >= 0.6 is 0 Å². The predicted molar refractivity (Wildman–Crippen MR) is 74.8 cm³/mol. The van der Waals surface area contributed by atoms with Gasteiger partial charge in [-0.15, -0.1) is 0 Å². The topological polar surface area (TPSA) is 38.5 Å². The zero-order chi connectivity index (χ0) is 13.8. The van der Waals surface area contributed by atoms with Gasteiger partial charge in [-0.1, -0.05) is 6.07 Å². The van der Waals surface area contributed by atoms with Gasteiger partial charge in [0.1, 0.15) is 11.6 Å². The van der Waals surface area contributed by atoms with Gasteiger partial charge < -0.3 is 15.4 Å². The second-order valence-corrected chi connectivity index (χ2v) is 5.35. The van der Waals surface area contributed by atoms with Gasteiger partial charge in [-0.25, -0.2) is 4.39 Å². The van der Waals surface area contributed by atoms with Gasteiger partial charge in [0.15, 0.2) is 0 Å². The van der Waals surface area contributed by atoms with E-state index in [9.17, 15) is 4.39 Å². The summed E-state index contributed by atoms with van der Waals surface area (Å²) in [6.45, 7) is 3.55. The third kappa shape index (κ3) is 3.45. The first kappa shape index (κ1) is 14.3. The van der Waals surface area contributed by atoms with Crippen LogP contribution in [-0.2, 0) is 0 Å². The molecule has 0 aliphatic carbocycles. The summed E-state index contributed by atoms with van der Waals surface area (Å²) in [5, 5.41) is 0. The molecule has 0 spiro atoms. The van der Waals surface area contributed by atoms with Crippen LogP contribution in [0, 0.1) is 5.82 Å². The average molecular weight is 266 g/mol. The van der Waals surface area contributed by atoms with E-state index < -0.39 is 0 Å². The molecule has 0 radical (unpaired) electrons. The molecule has 0 amide bonds. The summed E-state index contributed by atoms with van der Waals surface area (Å²) in [5.41, 5.74) is 6.28. The zero-order valence-corrected chi connectivity index (χ0v) is 11.7. The van der Waals surface area contributed by atoms with Crippen molar-refractivity contribution >= 4 is 0 Å². The molecule has 2 N–H and O–H groups in total. The highest BCUT2D eigenvalue weighted by atomic mass is 19.1. The van der Waals surface area contributed by atoms with E-state index in [0.29, 0.717) is 24.0 Å². The van der Waals surface area contributed by atoms with Crippen LogP contribution in [0.2, 0.25) is 0 Å². The lowest BCUT2D eigenvalue weighted by molar-refractivity contribution is 0.231. The van der Waals surface area contributed by atoms with Gasteiger partial charge in [-0.3, -0.25) is 0 Å². The molecule has 4 heteroatoms. The summed E-state index contributed by atoms with van der Waals surface area (Å²) in [5.74, 6) is 0.293. The fraction of sp³-hybridized carbons (Fsp3) is 0.600. The molecule has 1 fully saturated rings. The van der Waals surface area contributed by atoms with Gasteiger partial charge in [0, 0.05) is 17.6 Å². The molecule has 3 nitrogen and oxygen atoms in total. The van der Waals surface area contributed by atoms with Gasteiger partial charge >= 0.3 is 0 Å². The summed E-state index contributed by atoms with van der Waals surface area (Å²) in [7, 11) is 2.15. The fourth-order valence-corrected chi connectivity index (χ4v) is 2.73. The number of hydrogen-bond acceptors (Lipinski definition) is 3. The van der Waals surface area contributed by atoms with Crippen molar-refractivity contribution in [3.05, 3.63) is 29.6 Å². The van der Waals surface area contributed by atoms with Gasteiger partial charge in [0.05, 0.1) is 6.61 Å². The van der Waals surface area contributed by atoms with Crippen LogP contribution in [0.25, 0.3) is 0 Å². The minimum absolute atomic E-state index is 0.287. The molecule has 106 valence electrons. The Balaban J connectivity index is 1.94. The minimum Gasteiger partial charge on any atom is -0.493 e. The van der Waals surface area contributed by atoms with Crippen LogP contribution in [0.15, 0.2) is 18.2 Å². The van der Waals surface area contributed by atoms with E-state index in [-0.39, 0.29) is 11.9 Å². The molecule has 1 heterocycles. The molecule has 0 aromatic heterocycles. The third-order valence-electron chi connectivity index (χ3n) is 3.85. The molecule has 2 unspecified atom stereocenters. The van der Waals surface area contributed by atoms with Gasteiger partial charge in [0.2, 0.25) is 0 Å². The number of benzene rings is 1. The number of nitrogens with two attached hydrogens (primary N) is 1. The molecular formula is C15H23FN2O. The number of rotatable bonds is 5. The lowest BCUT2D eigenvalue weighted by Gasteiger charge is -2.20. The molecule has 1 aliphatic rings. The Morgan fingerprint density at radius 2 is 2.32 bits per heavy atom. The number of ether oxygens (including phenoxy) is 1. The lowest BCUT2D eigenvalue weighted by atomic mass is 10.1. The summed E-state index contributed by atoms with van der Waals surface area (Å²) >= 11 is 0. The normalized spacial score (nSPS) is 21.6. The van der Waals surface area contributed by atoms with Crippen LogP contribution in [0.5, 0.6) is 5.75 Å². The van der Waals surface area contributed by atoms with Gasteiger partial charge in [-0.05, 0) is 51.9 Å². The molecule has 2 rings (SSSR count). The fourth-order valence-electron chi connectivity index (χ4n) is 2.73. The van der Waals surface area contributed by atoms with Crippen LogP contribution in [-0.4, -0.2) is 31.1 Å². The molecule has 19 heavy (non-hydrogen) atoms. The summed E-state index contributed by atoms with van der Waals surface area (Å²) in [4.78, 5) is 2.36. The van der Waals surface area contributed by atoms with Crippen molar-refractivity contribution < 1.29 is 9.13 Å². The quantitative estimate of drug-likeness (QED) is 0.890. The highest BCUT2D eigenvalue weighted by Gasteiger charge is 2.21. The van der Waals surface area contributed by atoms with E-state index in [2.05, 4.69) is 11.9 Å². The van der Waals surface area contributed by atoms with Crippen molar-refractivity contribution in [2.24, 2.45) is 5.73 Å². The van der Waals surface area contributed by atoms with E-state index in [0.717, 1.165) is 13.0 Å². The van der Waals surface area contributed by atoms with E-state index in [1.54, 1.807) is 19.1 Å². The smallest absolute Gasteiger partial charge is 0.131 e. The second-order valence-electron chi connectivity index (χ2n) is 5.35. The largest absolute Gasteiger partial charge is 0.493 e. The van der Waals surface area contributed by atoms with Crippen LogP contribution in [0.4, 0.5) is 4.39 Å². The molecule has 1 saturated heterocycles. The molecule has 1 aromatic carbocycles. The SMILES string of the molecule is CC(N)c1c(F)cccc1OCCC1CCCN1C. The maximum absolute atomic E-state index is 13.7.